The lowest BCUT2D eigenvalue weighted by Gasteiger charge is -2.23. The van der Waals surface area contributed by atoms with Crippen LogP contribution in [0, 0.1) is 0 Å². The van der Waals surface area contributed by atoms with Gasteiger partial charge >= 0.3 is 0 Å². The van der Waals surface area contributed by atoms with Crippen molar-refractivity contribution < 1.29 is 14.7 Å². The van der Waals surface area contributed by atoms with Crippen molar-refractivity contribution >= 4 is 33.3 Å². The van der Waals surface area contributed by atoms with E-state index >= 15 is 0 Å². The number of halogens is 1. The van der Waals surface area contributed by atoms with Gasteiger partial charge in [-0.15, -0.1) is 0 Å². The van der Waals surface area contributed by atoms with Gasteiger partial charge in [-0.05, 0) is 48.0 Å². The van der Waals surface area contributed by atoms with E-state index in [1.165, 1.54) is 0 Å². The Kier molecular flexibility index (Phi) is 5.48. The number of rotatable bonds is 6. The molecular formula is C27H21BrN2O3. The minimum absolute atomic E-state index is 0.299. The summed E-state index contributed by atoms with van der Waals surface area (Å²) in [6.45, 7) is 0.313. The third-order valence-electron chi connectivity index (χ3n) is 5.96. The van der Waals surface area contributed by atoms with Gasteiger partial charge in [0.1, 0.15) is 0 Å². The molecule has 0 bridgehead atoms. The molecule has 0 fully saturated rings. The van der Waals surface area contributed by atoms with Crippen LogP contribution in [0.25, 0.3) is 5.69 Å². The molecule has 0 radical (unpaired) electrons. The fourth-order valence-electron chi connectivity index (χ4n) is 4.30. The van der Waals surface area contributed by atoms with Crippen molar-refractivity contribution in [3.05, 3.63) is 118 Å². The summed E-state index contributed by atoms with van der Waals surface area (Å²) in [5.74, 6) is -0.790. The molecule has 6 heteroatoms. The Morgan fingerprint density at radius 2 is 1.67 bits per heavy atom. The van der Waals surface area contributed by atoms with E-state index in [9.17, 15) is 14.7 Å². The monoisotopic (exact) mass is 500 g/mol. The van der Waals surface area contributed by atoms with Crippen molar-refractivity contribution in [3.8, 4) is 5.69 Å². The summed E-state index contributed by atoms with van der Waals surface area (Å²) >= 11 is 3.44. The Bertz CT molecular complexity index is 1330. The third-order valence-corrected chi connectivity index (χ3v) is 6.46. The van der Waals surface area contributed by atoms with Crippen molar-refractivity contribution in [2.75, 3.05) is 4.90 Å². The number of aliphatic hydroxyl groups is 1. The number of benzene rings is 3. The number of aromatic nitrogens is 1. The first-order valence-corrected chi connectivity index (χ1v) is 11.4. The quantitative estimate of drug-likeness (QED) is 0.368. The van der Waals surface area contributed by atoms with Crippen molar-refractivity contribution in [1.29, 1.82) is 0 Å². The van der Waals surface area contributed by atoms with Gasteiger partial charge in [-0.25, -0.2) is 0 Å². The second-order valence-electron chi connectivity index (χ2n) is 8.14. The molecule has 2 heterocycles. The highest BCUT2D eigenvalue weighted by molar-refractivity contribution is 9.10. The van der Waals surface area contributed by atoms with E-state index in [2.05, 4.69) is 15.9 Å². The van der Waals surface area contributed by atoms with Gasteiger partial charge in [0.15, 0.2) is 11.4 Å². The van der Waals surface area contributed by atoms with E-state index in [1.807, 2.05) is 71.6 Å². The van der Waals surface area contributed by atoms with Gasteiger partial charge in [-0.1, -0.05) is 58.4 Å². The summed E-state index contributed by atoms with van der Waals surface area (Å²) in [6, 6.07) is 26.0. The fraction of sp³-hybridized carbons (Fsp3) is 0.111. The number of ketones is 1. The smallest absolute Gasteiger partial charge is 0.264 e. The molecule has 4 aromatic rings. The van der Waals surface area contributed by atoms with Crippen LogP contribution in [-0.2, 0) is 16.9 Å². The van der Waals surface area contributed by atoms with Crippen LogP contribution in [0.15, 0.2) is 102 Å². The first kappa shape index (κ1) is 21.4. The molecule has 1 atom stereocenters. The average Bonchev–Trinajstić information content (AvgIpc) is 3.43. The van der Waals surface area contributed by atoms with Crippen LogP contribution in [0.4, 0.5) is 5.69 Å². The van der Waals surface area contributed by atoms with Crippen molar-refractivity contribution in [2.24, 2.45) is 0 Å². The highest BCUT2D eigenvalue weighted by atomic mass is 79.9. The van der Waals surface area contributed by atoms with E-state index in [0.717, 1.165) is 15.7 Å². The van der Waals surface area contributed by atoms with Crippen LogP contribution in [-0.4, -0.2) is 21.4 Å². The summed E-state index contributed by atoms with van der Waals surface area (Å²) in [4.78, 5) is 28.4. The first-order chi connectivity index (χ1) is 16.0. The van der Waals surface area contributed by atoms with E-state index < -0.39 is 11.5 Å². The van der Waals surface area contributed by atoms with Crippen LogP contribution in [0.5, 0.6) is 0 Å². The number of hydrogen-bond acceptors (Lipinski definition) is 3. The van der Waals surface area contributed by atoms with Crippen LogP contribution in [0.3, 0.4) is 0 Å². The first-order valence-electron chi connectivity index (χ1n) is 10.6. The van der Waals surface area contributed by atoms with Gasteiger partial charge in [-0.2, -0.15) is 0 Å². The Balaban J connectivity index is 1.48. The predicted octanol–water partition coefficient (Wildman–Crippen LogP) is 5.25. The normalized spacial score (nSPS) is 17.3. The summed E-state index contributed by atoms with van der Waals surface area (Å²) in [5.41, 5.74) is 1.34. The highest BCUT2D eigenvalue weighted by Crippen LogP contribution is 2.44. The molecule has 0 saturated carbocycles. The molecule has 0 aliphatic carbocycles. The van der Waals surface area contributed by atoms with Crippen molar-refractivity contribution in [2.45, 2.75) is 18.6 Å². The Hall–Kier alpha value is -3.48. The van der Waals surface area contributed by atoms with E-state index in [-0.39, 0.29) is 12.2 Å². The van der Waals surface area contributed by atoms with Crippen molar-refractivity contribution in [3.63, 3.8) is 0 Å². The van der Waals surface area contributed by atoms with E-state index in [1.54, 1.807) is 35.2 Å². The number of amides is 1. The van der Waals surface area contributed by atoms with Gasteiger partial charge in [0.05, 0.1) is 18.7 Å². The summed E-state index contributed by atoms with van der Waals surface area (Å²) < 4.78 is 2.64. The lowest BCUT2D eigenvalue weighted by atomic mass is 9.88. The lowest BCUT2D eigenvalue weighted by Crippen LogP contribution is -2.41. The fourth-order valence-corrected chi connectivity index (χ4v) is 4.66. The summed E-state index contributed by atoms with van der Waals surface area (Å²) in [5, 5.41) is 11.6. The Labute approximate surface area is 200 Å². The minimum atomic E-state index is -1.94. The molecule has 1 aromatic heterocycles. The number of fused-ring (bicyclic) bond motifs is 1. The molecule has 33 heavy (non-hydrogen) atoms. The molecule has 1 aliphatic rings. The largest absolute Gasteiger partial charge is 0.375 e. The zero-order valence-corrected chi connectivity index (χ0v) is 19.3. The number of Topliss-reactive ketones (excluding diaryl/α,β-unsaturated/α-hetero) is 1. The van der Waals surface area contributed by atoms with Gasteiger partial charge < -0.3 is 14.6 Å². The number of anilines is 1. The zero-order chi connectivity index (χ0) is 23.0. The molecule has 1 amide bonds. The van der Waals surface area contributed by atoms with Gasteiger partial charge in [-0.3, -0.25) is 9.59 Å². The maximum Gasteiger partial charge on any atom is 0.264 e. The number of carbonyl (C=O) groups excluding carboxylic acids is 2. The maximum atomic E-state index is 13.5. The van der Waals surface area contributed by atoms with Crippen LogP contribution < -0.4 is 4.90 Å². The highest BCUT2D eigenvalue weighted by Gasteiger charge is 2.51. The topological polar surface area (TPSA) is 62.5 Å². The zero-order valence-electron chi connectivity index (χ0n) is 17.7. The van der Waals surface area contributed by atoms with E-state index in [0.29, 0.717) is 23.4 Å². The van der Waals surface area contributed by atoms with Gasteiger partial charge in [0.25, 0.3) is 5.91 Å². The minimum Gasteiger partial charge on any atom is -0.375 e. The SMILES string of the molecule is O=C(CC1(O)C(=O)N(Cc2ccccc2)c2ccc(Br)cc21)c1cccc(-n2cccc2)c1. The van der Waals surface area contributed by atoms with Gasteiger partial charge in [0, 0.05) is 33.7 Å². The molecule has 0 saturated heterocycles. The van der Waals surface area contributed by atoms with Crippen molar-refractivity contribution in [1.82, 2.24) is 4.57 Å². The standard InChI is InChI=1S/C27H21BrN2O3/c28-21-11-12-24-23(16-21)27(33,26(32)30(24)18-19-7-2-1-3-8-19)17-25(31)20-9-6-10-22(15-20)29-13-4-5-14-29/h1-16,33H,17-18H2. The molecule has 164 valence electrons. The number of nitrogens with zero attached hydrogens (tertiary/aromatic N) is 2. The molecule has 1 N–H and O–H groups in total. The number of hydrogen-bond donors (Lipinski definition) is 1. The molecule has 0 spiro atoms. The Morgan fingerprint density at radius 3 is 2.42 bits per heavy atom. The second-order valence-corrected chi connectivity index (χ2v) is 9.05. The molecule has 1 aliphatic heterocycles. The average molecular weight is 501 g/mol. The molecule has 1 unspecified atom stereocenters. The van der Waals surface area contributed by atoms with E-state index in [4.69, 9.17) is 0 Å². The predicted molar refractivity (Wildman–Crippen MR) is 130 cm³/mol. The summed E-state index contributed by atoms with van der Waals surface area (Å²) in [7, 11) is 0. The molecule has 3 aromatic carbocycles. The molecule has 5 rings (SSSR count). The van der Waals surface area contributed by atoms with Crippen LogP contribution >= 0.6 is 15.9 Å². The van der Waals surface area contributed by atoms with Crippen LogP contribution in [0.1, 0.15) is 27.9 Å². The lowest BCUT2D eigenvalue weighted by molar-refractivity contribution is -0.136. The maximum absolute atomic E-state index is 13.5. The van der Waals surface area contributed by atoms with Crippen LogP contribution in [0.2, 0.25) is 0 Å². The second kappa shape index (κ2) is 8.46. The summed E-state index contributed by atoms with van der Waals surface area (Å²) in [6.07, 6.45) is 3.45. The number of carbonyl (C=O) groups is 2. The third kappa shape index (κ3) is 3.92. The molecular weight excluding hydrogens is 480 g/mol. The molecule has 5 nitrogen and oxygen atoms in total. The Morgan fingerprint density at radius 1 is 0.909 bits per heavy atom. The van der Waals surface area contributed by atoms with Gasteiger partial charge in [0.2, 0.25) is 0 Å².